The minimum absolute atomic E-state index is 0.129. The number of carbonyl (C=O) groups is 2. The smallest absolute Gasteiger partial charge is 0.244 e. The standard InChI is InChI=1S/C35H39N3O5S/c1-26(2)36-35(40)33(23-28-11-7-5-8-12-28)37(24-29-17-15-27(3)16-18-29)34(39)25-38(44(4,41)42)30-19-21-32(22-20-30)43-31-13-9-6-10-14-31/h5-22,26,33H,23-25H2,1-4H3,(H,36,40)/t33-/m1/s1. The molecule has 0 saturated carbocycles. The molecule has 0 fully saturated rings. The van der Waals surface area contributed by atoms with Crippen LogP contribution in [-0.2, 0) is 32.6 Å². The molecule has 2 amide bonds. The van der Waals surface area contributed by atoms with Gasteiger partial charge in [0.15, 0.2) is 0 Å². The third-order valence-electron chi connectivity index (χ3n) is 6.96. The molecule has 0 heterocycles. The Bertz CT molecular complexity index is 1630. The predicted molar refractivity (Wildman–Crippen MR) is 174 cm³/mol. The molecule has 4 aromatic rings. The van der Waals surface area contributed by atoms with E-state index < -0.39 is 28.5 Å². The van der Waals surface area contributed by atoms with Crippen LogP contribution in [-0.4, -0.2) is 50.0 Å². The van der Waals surface area contributed by atoms with E-state index in [0.717, 1.165) is 27.3 Å². The second-order valence-corrected chi connectivity index (χ2v) is 13.0. The van der Waals surface area contributed by atoms with Crippen LogP contribution in [0.15, 0.2) is 109 Å². The Labute approximate surface area is 260 Å². The van der Waals surface area contributed by atoms with Gasteiger partial charge in [-0.25, -0.2) is 8.42 Å². The maximum atomic E-state index is 14.2. The van der Waals surface area contributed by atoms with Crippen LogP contribution in [0.5, 0.6) is 11.5 Å². The molecule has 0 bridgehead atoms. The quantitative estimate of drug-likeness (QED) is 0.208. The Kier molecular flexibility index (Phi) is 10.8. The van der Waals surface area contributed by atoms with Crippen molar-refractivity contribution in [3.05, 3.63) is 126 Å². The van der Waals surface area contributed by atoms with Crippen LogP contribution in [0, 0.1) is 6.92 Å². The Morgan fingerprint density at radius 3 is 1.91 bits per heavy atom. The molecule has 0 aliphatic rings. The molecule has 0 radical (unpaired) electrons. The van der Waals surface area contributed by atoms with Crippen molar-refractivity contribution in [2.45, 2.75) is 45.8 Å². The summed E-state index contributed by atoms with van der Waals surface area (Å²) >= 11 is 0. The number of carbonyl (C=O) groups excluding carboxylic acids is 2. The molecule has 0 spiro atoms. The highest BCUT2D eigenvalue weighted by Crippen LogP contribution is 2.26. The van der Waals surface area contributed by atoms with E-state index >= 15 is 0 Å². The highest BCUT2D eigenvalue weighted by Gasteiger charge is 2.33. The first-order chi connectivity index (χ1) is 21.0. The number of para-hydroxylation sites is 1. The van der Waals surface area contributed by atoms with Crippen molar-refractivity contribution in [2.24, 2.45) is 0 Å². The lowest BCUT2D eigenvalue weighted by molar-refractivity contribution is -0.140. The fraction of sp³-hybridized carbons (Fsp3) is 0.257. The summed E-state index contributed by atoms with van der Waals surface area (Å²) in [5, 5.41) is 2.96. The molecule has 0 aliphatic carbocycles. The van der Waals surface area contributed by atoms with E-state index in [9.17, 15) is 18.0 Å². The molecule has 230 valence electrons. The lowest BCUT2D eigenvalue weighted by Crippen LogP contribution is -2.54. The fourth-order valence-electron chi connectivity index (χ4n) is 4.74. The first-order valence-corrected chi connectivity index (χ1v) is 16.3. The Balaban J connectivity index is 1.67. The number of aryl methyl sites for hydroxylation is 1. The van der Waals surface area contributed by atoms with E-state index in [4.69, 9.17) is 4.74 Å². The van der Waals surface area contributed by atoms with Crippen molar-refractivity contribution in [2.75, 3.05) is 17.1 Å². The van der Waals surface area contributed by atoms with Gasteiger partial charge in [0.1, 0.15) is 24.1 Å². The van der Waals surface area contributed by atoms with Crippen molar-refractivity contribution < 1.29 is 22.7 Å². The van der Waals surface area contributed by atoms with Crippen LogP contribution in [0.4, 0.5) is 5.69 Å². The molecule has 1 N–H and O–H groups in total. The summed E-state index contributed by atoms with van der Waals surface area (Å²) in [6.45, 7) is 5.34. The van der Waals surface area contributed by atoms with Gasteiger partial charge in [-0.1, -0.05) is 78.4 Å². The number of benzene rings is 4. The van der Waals surface area contributed by atoms with E-state index in [0.29, 0.717) is 17.2 Å². The predicted octanol–water partition coefficient (Wildman–Crippen LogP) is 5.72. The molecule has 0 unspecified atom stereocenters. The maximum Gasteiger partial charge on any atom is 0.244 e. The first-order valence-electron chi connectivity index (χ1n) is 14.5. The zero-order valence-corrected chi connectivity index (χ0v) is 26.3. The number of hydrogen-bond donors (Lipinski definition) is 1. The van der Waals surface area contributed by atoms with Crippen molar-refractivity contribution in [3.63, 3.8) is 0 Å². The van der Waals surface area contributed by atoms with Gasteiger partial charge in [0.25, 0.3) is 0 Å². The molecule has 8 nitrogen and oxygen atoms in total. The number of amides is 2. The van der Waals surface area contributed by atoms with Crippen molar-refractivity contribution in [1.29, 1.82) is 0 Å². The van der Waals surface area contributed by atoms with Gasteiger partial charge in [-0.05, 0) is 68.3 Å². The number of nitrogens with zero attached hydrogens (tertiary/aromatic N) is 2. The zero-order chi connectivity index (χ0) is 31.7. The summed E-state index contributed by atoms with van der Waals surface area (Å²) in [4.78, 5) is 29.3. The molecule has 9 heteroatoms. The van der Waals surface area contributed by atoms with Crippen LogP contribution in [0.2, 0.25) is 0 Å². The summed E-state index contributed by atoms with van der Waals surface area (Å²) in [6, 6.07) is 31.9. The van der Waals surface area contributed by atoms with Gasteiger partial charge in [-0.3, -0.25) is 13.9 Å². The molecular weight excluding hydrogens is 574 g/mol. The number of ether oxygens (including phenoxy) is 1. The van der Waals surface area contributed by atoms with Gasteiger partial charge in [0.05, 0.1) is 11.9 Å². The van der Waals surface area contributed by atoms with Gasteiger partial charge < -0.3 is 15.0 Å². The molecular formula is C35H39N3O5S. The van der Waals surface area contributed by atoms with Gasteiger partial charge in [0.2, 0.25) is 21.8 Å². The third-order valence-corrected chi connectivity index (χ3v) is 8.10. The monoisotopic (exact) mass is 613 g/mol. The number of rotatable bonds is 13. The summed E-state index contributed by atoms with van der Waals surface area (Å²) in [5.74, 6) is 0.360. The highest BCUT2D eigenvalue weighted by atomic mass is 32.2. The topological polar surface area (TPSA) is 96.0 Å². The fourth-order valence-corrected chi connectivity index (χ4v) is 5.59. The summed E-state index contributed by atoms with van der Waals surface area (Å²) in [5.41, 5.74) is 3.08. The van der Waals surface area contributed by atoms with Crippen molar-refractivity contribution in [1.82, 2.24) is 10.2 Å². The number of hydrogen-bond acceptors (Lipinski definition) is 5. The third kappa shape index (κ3) is 9.18. The van der Waals surface area contributed by atoms with E-state index in [1.807, 2.05) is 106 Å². The van der Waals surface area contributed by atoms with Crippen molar-refractivity contribution >= 4 is 27.5 Å². The second kappa shape index (κ2) is 14.7. The number of sulfonamides is 1. The van der Waals surface area contributed by atoms with Gasteiger partial charge in [0, 0.05) is 19.0 Å². The lowest BCUT2D eigenvalue weighted by Gasteiger charge is -2.34. The normalized spacial score (nSPS) is 11.9. The second-order valence-electron chi connectivity index (χ2n) is 11.1. The SMILES string of the molecule is Cc1ccc(CN(C(=O)CN(c2ccc(Oc3ccccc3)cc2)S(C)(=O)=O)[C@H](Cc2ccccc2)C(=O)NC(C)C)cc1. The van der Waals surface area contributed by atoms with Crippen LogP contribution < -0.4 is 14.4 Å². The van der Waals surface area contributed by atoms with Gasteiger partial charge in [-0.2, -0.15) is 0 Å². The summed E-state index contributed by atoms with van der Waals surface area (Å²) in [7, 11) is -3.88. The molecule has 44 heavy (non-hydrogen) atoms. The van der Waals surface area contributed by atoms with E-state index in [2.05, 4.69) is 5.32 Å². The minimum Gasteiger partial charge on any atom is -0.457 e. The lowest BCUT2D eigenvalue weighted by atomic mass is 10.0. The molecule has 0 aliphatic heterocycles. The van der Waals surface area contributed by atoms with Crippen LogP contribution in [0.1, 0.15) is 30.5 Å². The van der Waals surface area contributed by atoms with E-state index in [1.165, 1.54) is 4.90 Å². The maximum absolute atomic E-state index is 14.2. The molecule has 1 atom stereocenters. The molecule has 4 rings (SSSR count). The number of nitrogens with one attached hydrogen (secondary N) is 1. The van der Waals surface area contributed by atoms with Gasteiger partial charge in [-0.15, -0.1) is 0 Å². The highest BCUT2D eigenvalue weighted by molar-refractivity contribution is 7.92. The van der Waals surface area contributed by atoms with Crippen LogP contribution >= 0.6 is 0 Å². The van der Waals surface area contributed by atoms with Gasteiger partial charge >= 0.3 is 0 Å². The Hall–Kier alpha value is -4.63. The Morgan fingerprint density at radius 1 is 0.773 bits per heavy atom. The Morgan fingerprint density at radius 2 is 1.34 bits per heavy atom. The first kappa shape index (κ1) is 32.3. The average molecular weight is 614 g/mol. The van der Waals surface area contributed by atoms with Crippen LogP contribution in [0.25, 0.3) is 0 Å². The number of anilines is 1. The molecule has 4 aromatic carbocycles. The van der Waals surface area contributed by atoms with E-state index in [1.54, 1.807) is 24.3 Å². The molecule has 0 aromatic heterocycles. The summed E-state index contributed by atoms with van der Waals surface area (Å²) in [6.07, 6.45) is 1.33. The van der Waals surface area contributed by atoms with E-state index in [-0.39, 0.29) is 24.9 Å². The molecule has 0 saturated heterocycles. The summed E-state index contributed by atoms with van der Waals surface area (Å²) < 4.78 is 33.0. The minimum atomic E-state index is -3.88. The largest absolute Gasteiger partial charge is 0.457 e. The average Bonchev–Trinajstić information content (AvgIpc) is 2.99. The van der Waals surface area contributed by atoms with Crippen molar-refractivity contribution in [3.8, 4) is 11.5 Å². The van der Waals surface area contributed by atoms with Crippen LogP contribution in [0.3, 0.4) is 0 Å². The zero-order valence-electron chi connectivity index (χ0n) is 25.5.